The molecule has 0 unspecified atom stereocenters. The van der Waals surface area contributed by atoms with Crippen LogP contribution in [0.2, 0.25) is 0 Å². The van der Waals surface area contributed by atoms with Crippen molar-refractivity contribution in [1.82, 2.24) is 5.32 Å². The van der Waals surface area contributed by atoms with E-state index in [-0.39, 0.29) is 29.7 Å². The maximum atomic E-state index is 12.3. The van der Waals surface area contributed by atoms with Crippen LogP contribution in [0.3, 0.4) is 0 Å². The molecule has 0 aliphatic heterocycles. The van der Waals surface area contributed by atoms with Crippen LogP contribution in [0.1, 0.15) is 39.9 Å². The van der Waals surface area contributed by atoms with Crippen molar-refractivity contribution in [1.29, 1.82) is 0 Å². The van der Waals surface area contributed by atoms with Crippen LogP contribution in [0.5, 0.6) is 5.75 Å². The Morgan fingerprint density at radius 2 is 1.80 bits per heavy atom. The Balaban J connectivity index is 1.71. The van der Waals surface area contributed by atoms with E-state index in [0.29, 0.717) is 5.56 Å². The molecule has 0 radical (unpaired) electrons. The summed E-state index contributed by atoms with van der Waals surface area (Å²) in [5.41, 5.74) is 4.29. The second kappa shape index (κ2) is 7.38. The lowest BCUT2D eigenvalue weighted by atomic mass is 9.90. The first-order valence-electron chi connectivity index (χ1n) is 8.52. The lowest BCUT2D eigenvalue weighted by Crippen LogP contribution is -2.19. The third-order valence-corrected chi connectivity index (χ3v) is 4.54. The summed E-state index contributed by atoms with van der Waals surface area (Å²) in [6.07, 6.45) is 4.84. The Kier molecular flexibility index (Phi) is 5.03. The first-order valence-corrected chi connectivity index (χ1v) is 8.52. The minimum atomic E-state index is -0.273. The molecule has 0 atom stereocenters. The molecule has 2 aromatic carbocycles. The number of carbonyl (C=O) groups excluding carboxylic acids is 2. The van der Waals surface area contributed by atoms with Crippen molar-refractivity contribution in [3.8, 4) is 5.75 Å². The standard InChI is InChI=1S/C20H22N2O3/c1-21-20(25)16-8-9-18(23)17(12-16)22-19(24)11-13-6-7-14-4-2-3-5-15(14)10-13/h6-10,12,23H,2-5,11H2,1H3,(H,21,25)(H,22,24). The molecule has 0 fully saturated rings. The largest absolute Gasteiger partial charge is 0.506 e. The lowest BCUT2D eigenvalue weighted by Gasteiger charge is -2.16. The first kappa shape index (κ1) is 17.0. The number of anilines is 1. The van der Waals surface area contributed by atoms with Gasteiger partial charge in [0.2, 0.25) is 5.91 Å². The van der Waals surface area contributed by atoms with Gasteiger partial charge in [-0.1, -0.05) is 18.2 Å². The van der Waals surface area contributed by atoms with Gasteiger partial charge in [0, 0.05) is 12.6 Å². The van der Waals surface area contributed by atoms with Crippen LogP contribution in [-0.2, 0) is 24.1 Å². The van der Waals surface area contributed by atoms with Gasteiger partial charge in [-0.2, -0.15) is 0 Å². The molecular weight excluding hydrogens is 316 g/mol. The highest BCUT2D eigenvalue weighted by Crippen LogP contribution is 2.25. The highest BCUT2D eigenvalue weighted by Gasteiger charge is 2.13. The predicted molar refractivity (Wildman–Crippen MR) is 96.9 cm³/mol. The zero-order valence-corrected chi connectivity index (χ0v) is 14.3. The molecule has 2 aromatic rings. The first-order chi connectivity index (χ1) is 12.1. The molecule has 5 nitrogen and oxygen atoms in total. The molecule has 0 bridgehead atoms. The summed E-state index contributed by atoms with van der Waals surface area (Å²) in [4.78, 5) is 24.0. The van der Waals surface area contributed by atoms with Crippen LogP contribution in [0.25, 0.3) is 0 Å². The van der Waals surface area contributed by atoms with Crippen LogP contribution in [0.4, 0.5) is 5.69 Å². The topological polar surface area (TPSA) is 78.4 Å². The van der Waals surface area contributed by atoms with E-state index in [2.05, 4.69) is 22.8 Å². The quantitative estimate of drug-likeness (QED) is 0.750. The van der Waals surface area contributed by atoms with Crippen LogP contribution < -0.4 is 10.6 Å². The van der Waals surface area contributed by atoms with Crippen molar-refractivity contribution in [3.05, 3.63) is 58.7 Å². The Morgan fingerprint density at radius 3 is 2.56 bits per heavy atom. The SMILES string of the molecule is CNC(=O)c1ccc(O)c(NC(=O)Cc2ccc3c(c2)CCCC3)c1. The number of hydrogen-bond acceptors (Lipinski definition) is 3. The Bertz CT molecular complexity index is 815. The molecule has 3 rings (SSSR count). The molecule has 3 N–H and O–H groups in total. The second-order valence-corrected chi connectivity index (χ2v) is 6.35. The molecule has 0 aromatic heterocycles. The van der Waals surface area contributed by atoms with Gasteiger partial charge >= 0.3 is 0 Å². The Hall–Kier alpha value is -2.82. The smallest absolute Gasteiger partial charge is 0.251 e. The lowest BCUT2D eigenvalue weighted by molar-refractivity contribution is -0.115. The number of nitrogens with one attached hydrogen (secondary N) is 2. The van der Waals surface area contributed by atoms with Gasteiger partial charge in [-0.25, -0.2) is 0 Å². The molecule has 2 amide bonds. The summed E-state index contributed by atoms with van der Waals surface area (Å²) in [5.74, 6) is -0.559. The summed E-state index contributed by atoms with van der Waals surface area (Å²) in [6, 6.07) is 10.6. The number of aryl methyl sites for hydroxylation is 2. The average molecular weight is 338 g/mol. The third-order valence-electron chi connectivity index (χ3n) is 4.54. The van der Waals surface area contributed by atoms with E-state index in [1.807, 2.05) is 6.07 Å². The van der Waals surface area contributed by atoms with Crippen molar-refractivity contribution in [2.24, 2.45) is 0 Å². The van der Waals surface area contributed by atoms with Gasteiger partial charge in [0.15, 0.2) is 0 Å². The van der Waals surface area contributed by atoms with Gasteiger partial charge in [-0.05, 0) is 60.6 Å². The van der Waals surface area contributed by atoms with E-state index in [4.69, 9.17) is 0 Å². The summed E-state index contributed by atoms with van der Waals surface area (Å²) < 4.78 is 0. The number of phenolic OH excluding ortho intramolecular Hbond substituents is 1. The number of carbonyl (C=O) groups is 2. The Morgan fingerprint density at radius 1 is 1.04 bits per heavy atom. The van der Waals surface area contributed by atoms with Crippen LogP contribution in [0.15, 0.2) is 36.4 Å². The van der Waals surface area contributed by atoms with E-state index in [1.165, 1.54) is 49.2 Å². The summed E-state index contributed by atoms with van der Waals surface area (Å²) >= 11 is 0. The molecule has 0 saturated heterocycles. The maximum absolute atomic E-state index is 12.3. The maximum Gasteiger partial charge on any atom is 0.251 e. The van der Waals surface area contributed by atoms with Crippen LogP contribution in [-0.4, -0.2) is 24.0 Å². The fourth-order valence-electron chi connectivity index (χ4n) is 3.20. The Labute approximate surface area is 147 Å². The predicted octanol–water partition coefficient (Wildman–Crippen LogP) is 2.81. The van der Waals surface area contributed by atoms with Gasteiger partial charge in [0.1, 0.15) is 5.75 Å². The van der Waals surface area contributed by atoms with Gasteiger partial charge in [-0.15, -0.1) is 0 Å². The number of amides is 2. The van der Waals surface area contributed by atoms with Crippen molar-refractivity contribution < 1.29 is 14.7 Å². The fourth-order valence-corrected chi connectivity index (χ4v) is 3.20. The average Bonchev–Trinajstić information content (AvgIpc) is 2.62. The van der Waals surface area contributed by atoms with Crippen molar-refractivity contribution in [3.63, 3.8) is 0 Å². The summed E-state index contributed by atoms with van der Waals surface area (Å²) in [5, 5.41) is 15.1. The molecule has 1 aliphatic rings. The molecule has 0 saturated carbocycles. The van der Waals surface area contributed by atoms with Crippen molar-refractivity contribution in [2.75, 3.05) is 12.4 Å². The molecule has 1 aliphatic carbocycles. The number of benzene rings is 2. The molecule has 25 heavy (non-hydrogen) atoms. The number of aromatic hydroxyl groups is 1. The number of rotatable bonds is 4. The molecule has 130 valence electrons. The van der Waals surface area contributed by atoms with E-state index in [0.717, 1.165) is 18.4 Å². The summed E-state index contributed by atoms with van der Waals surface area (Å²) in [6.45, 7) is 0. The number of phenols is 1. The molecule has 0 spiro atoms. The highest BCUT2D eigenvalue weighted by atomic mass is 16.3. The van der Waals surface area contributed by atoms with Gasteiger partial charge < -0.3 is 15.7 Å². The highest BCUT2D eigenvalue weighted by molar-refractivity contribution is 5.98. The van der Waals surface area contributed by atoms with Crippen molar-refractivity contribution >= 4 is 17.5 Å². The van der Waals surface area contributed by atoms with Crippen LogP contribution in [0, 0.1) is 0 Å². The van der Waals surface area contributed by atoms with E-state index < -0.39 is 0 Å². The monoisotopic (exact) mass is 338 g/mol. The zero-order valence-electron chi connectivity index (χ0n) is 14.3. The molecule has 0 heterocycles. The van der Waals surface area contributed by atoms with E-state index in [9.17, 15) is 14.7 Å². The van der Waals surface area contributed by atoms with Gasteiger partial charge in [0.25, 0.3) is 5.91 Å². The van der Waals surface area contributed by atoms with Crippen molar-refractivity contribution in [2.45, 2.75) is 32.1 Å². The fraction of sp³-hybridized carbons (Fsp3) is 0.300. The van der Waals surface area contributed by atoms with E-state index >= 15 is 0 Å². The minimum absolute atomic E-state index is 0.0635. The van der Waals surface area contributed by atoms with E-state index in [1.54, 1.807) is 0 Å². The number of hydrogen-bond donors (Lipinski definition) is 3. The minimum Gasteiger partial charge on any atom is -0.506 e. The number of fused-ring (bicyclic) bond motifs is 1. The normalized spacial score (nSPS) is 13.0. The van der Waals surface area contributed by atoms with Gasteiger partial charge in [0.05, 0.1) is 12.1 Å². The summed E-state index contributed by atoms with van der Waals surface area (Å²) in [7, 11) is 1.53. The zero-order chi connectivity index (χ0) is 17.8. The second-order valence-electron chi connectivity index (χ2n) is 6.35. The molecular formula is C20H22N2O3. The van der Waals surface area contributed by atoms with Gasteiger partial charge in [-0.3, -0.25) is 9.59 Å². The third kappa shape index (κ3) is 3.99. The van der Waals surface area contributed by atoms with Crippen LogP contribution >= 0.6 is 0 Å². The molecule has 5 heteroatoms.